The number of pyridine rings is 2. The van der Waals surface area contributed by atoms with Gasteiger partial charge in [0.2, 0.25) is 0 Å². The largest absolute Gasteiger partial charge is 0.377 e. The maximum absolute atomic E-state index is 12.5. The van der Waals surface area contributed by atoms with Gasteiger partial charge in [0.05, 0.1) is 24.9 Å². The third-order valence-corrected chi connectivity index (χ3v) is 6.80. The molecule has 0 spiro atoms. The maximum Gasteiger partial charge on any atom is 0.251 e. The lowest BCUT2D eigenvalue weighted by Crippen LogP contribution is -2.44. The van der Waals surface area contributed by atoms with Crippen LogP contribution in [0.3, 0.4) is 0 Å². The van der Waals surface area contributed by atoms with E-state index in [4.69, 9.17) is 14.7 Å². The summed E-state index contributed by atoms with van der Waals surface area (Å²) < 4.78 is 5.67. The highest BCUT2D eigenvalue weighted by atomic mass is 16.5. The van der Waals surface area contributed by atoms with Crippen LogP contribution in [0.2, 0.25) is 0 Å². The van der Waals surface area contributed by atoms with Gasteiger partial charge in [-0.25, -0.2) is 4.98 Å². The second-order valence-corrected chi connectivity index (χ2v) is 9.45. The van der Waals surface area contributed by atoms with E-state index in [1.807, 2.05) is 36.5 Å². The highest BCUT2D eigenvalue weighted by molar-refractivity contribution is 6.04. The molecule has 2 aliphatic rings. The first-order valence-electron chi connectivity index (χ1n) is 12.1. The Morgan fingerprint density at radius 3 is 2.74 bits per heavy atom. The van der Waals surface area contributed by atoms with E-state index in [1.54, 1.807) is 6.20 Å². The molecule has 6 rings (SSSR count). The van der Waals surface area contributed by atoms with Crippen LogP contribution < -0.4 is 10.2 Å². The van der Waals surface area contributed by atoms with Crippen LogP contribution in [0.1, 0.15) is 35.7 Å². The maximum atomic E-state index is 12.5. The number of hydrogen-bond acceptors (Lipinski definition) is 6. The summed E-state index contributed by atoms with van der Waals surface area (Å²) in [7, 11) is 0. The first-order chi connectivity index (χ1) is 17.1. The predicted molar refractivity (Wildman–Crippen MR) is 135 cm³/mol. The number of fused-ring (bicyclic) bond motifs is 1. The number of carbonyl (C=O) groups is 1. The third-order valence-electron chi connectivity index (χ3n) is 6.80. The van der Waals surface area contributed by atoms with Crippen LogP contribution in [0.5, 0.6) is 0 Å². The molecule has 1 aromatic carbocycles. The molecule has 1 atom stereocenters. The van der Waals surface area contributed by atoms with Gasteiger partial charge in [0.1, 0.15) is 17.0 Å². The number of aryl methyl sites for hydroxylation is 1. The first-order valence-corrected chi connectivity index (χ1v) is 12.1. The van der Waals surface area contributed by atoms with Gasteiger partial charge in [0.25, 0.3) is 5.91 Å². The van der Waals surface area contributed by atoms with E-state index in [0.29, 0.717) is 24.8 Å². The molecule has 4 heterocycles. The van der Waals surface area contributed by atoms with Crippen molar-refractivity contribution in [3.8, 4) is 22.5 Å². The number of morpholine rings is 1. The molecular weight excluding hydrogens is 440 g/mol. The molecule has 178 valence electrons. The fourth-order valence-corrected chi connectivity index (χ4v) is 4.71. The normalized spacial score (nSPS) is 18.1. The fraction of sp³-hybridized carbons (Fsp3) is 0.333. The summed E-state index contributed by atoms with van der Waals surface area (Å²) >= 11 is 0. The summed E-state index contributed by atoms with van der Waals surface area (Å²) in [5.74, 6) is 0.885. The SMILES string of the molecule is Cc1cnc(-c2ccn[nH]2)c2nc(N3CCOCC3C)cc(-c3ccc(C(=O)NC4CC4)cc3)c12. The van der Waals surface area contributed by atoms with Crippen molar-refractivity contribution in [2.75, 3.05) is 24.7 Å². The average Bonchev–Trinajstić information content (AvgIpc) is 3.52. The zero-order chi connectivity index (χ0) is 23.9. The summed E-state index contributed by atoms with van der Waals surface area (Å²) in [4.78, 5) is 24.7. The Labute approximate surface area is 203 Å². The highest BCUT2D eigenvalue weighted by Crippen LogP contribution is 2.37. The Morgan fingerprint density at radius 2 is 2.03 bits per heavy atom. The number of aromatic nitrogens is 4. The molecule has 0 radical (unpaired) electrons. The predicted octanol–water partition coefficient (Wildman–Crippen LogP) is 4.11. The molecule has 1 saturated heterocycles. The van der Waals surface area contributed by atoms with Crippen LogP contribution in [-0.4, -0.2) is 57.9 Å². The highest BCUT2D eigenvalue weighted by Gasteiger charge is 2.25. The Bertz CT molecular complexity index is 1380. The lowest BCUT2D eigenvalue weighted by Gasteiger charge is -2.34. The number of ether oxygens (including phenoxy) is 1. The molecule has 4 aromatic rings. The molecule has 2 N–H and O–H groups in total. The molecule has 8 heteroatoms. The summed E-state index contributed by atoms with van der Waals surface area (Å²) in [6.45, 7) is 6.33. The topological polar surface area (TPSA) is 96.0 Å². The van der Waals surface area contributed by atoms with Gasteiger partial charge in [0, 0.05) is 35.9 Å². The Kier molecular flexibility index (Phi) is 5.45. The number of hydrogen-bond donors (Lipinski definition) is 2. The van der Waals surface area contributed by atoms with E-state index in [2.05, 4.69) is 40.3 Å². The number of nitrogens with zero attached hydrogens (tertiary/aromatic N) is 4. The van der Waals surface area contributed by atoms with Gasteiger partial charge in [-0.3, -0.25) is 14.9 Å². The minimum absolute atomic E-state index is 0.0108. The van der Waals surface area contributed by atoms with Gasteiger partial charge in [-0.15, -0.1) is 0 Å². The molecule has 2 fully saturated rings. The second kappa shape index (κ2) is 8.78. The van der Waals surface area contributed by atoms with Gasteiger partial charge in [-0.1, -0.05) is 12.1 Å². The van der Waals surface area contributed by atoms with Crippen LogP contribution in [-0.2, 0) is 4.74 Å². The van der Waals surface area contributed by atoms with E-state index in [1.165, 1.54) is 0 Å². The average molecular weight is 469 g/mol. The zero-order valence-electron chi connectivity index (χ0n) is 19.9. The number of benzene rings is 1. The minimum atomic E-state index is -0.0108. The van der Waals surface area contributed by atoms with Crippen LogP contribution in [0, 0.1) is 6.92 Å². The summed E-state index contributed by atoms with van der Waals surface area (Å²) in [6, 6.07) is 12.5. The Morgan fingerprint density at radius 1 is 1.20 bits per heavy atom. The van der Waals surface area contributed by atoms with Crippen LogP contribution >= 0.6 is 0 Å². The van der Waals surface area contributed by atoms with E-state index in [-0.39, 0.29) is 11.9 Å². The van der Waals surface area contributed by atoms with Crippen molar-refractivity contribution in [3.63, 3.8) is 0 Å². The van der Waals surface area contributed by atoms with Crippen molar-refractivity contribution in [3.05, 3.63) is 59.9 Å². The van der Waals surface area contributed by atoms with Gasteiger partial charge in [-0.05, 0) is 67.6 Å². The molecule has 1 amide bonds. The third kappa shape index (κ3) is 4.14. The zero-order valence-corrected chi connectivity index (χ0v) is 19.9. The van der Waals surface area contributed by atoms with Gasteiger partial charge >= 0.3 is 0 Å². The van der Waals surface area contributed by atoms with Crippen molar-refractivity contribution >= 4 is 22.6 Å². The molecule has 35 heavy (non-hydrogen) atoms. The summed E-state index contributed by atoms with van der Waals surface area (Å²) in [5, 5.41) is 11.3. The summed E-state index contributed by atoms with van der Waals surface area (Å²) in [6.07, 6.45) is 5.75. The molecule has 1 aliphatic heterocycles. The second-order valence-electron chi connectivity index (χ2n) is 9.45. The Balaban J connectivity index is 1.51. The van der Waals surface area contributed by atoms with Crippen molar-refractivity contribution in [2.24, 2.45) is 0 Å². The quantitative estimate of drug-likeness (QED) is 0.458. The number of anilines is 1. The van der Waals surface area contributed by atoms with Crippen molar-refractivity contribution in [1.29, 1.82) is 0 Å². The number of nitrogens with one attached hydrogen (secondary N) is 2. The number of rotatable bonds is 5. The van der Waals surface area contributed by atoms with Gasteiger partial charge in [0.15, 0.2) is 0 Å². The van der Waals surface area contributed by atoms with E-state index in [9.17, 15) is 4.79 Å². The molecule has 3 aromatic heterocycles. The summed E-state index contributed by atoms with van der Waals surface area (Å²) in [5.41, 5.74) is 6.25. The van der Waals surface area contributed by atoms with Crippen LogP contribution in [0.15, 0.2) is 48.8 Å². The molecule has 8 nitrogen and oxygen atoms in total. The van der Waals surface area contributed by atoms with Crippen molar-refractivity contribution < 1.29 is 9.53 Å². The van der Waals surface area contributed by atoms with E-state index in [0.717, 1.165) is 64.2 Å². The molecule has 1 aliphatic carbocycles. The number of aromatic amines is 1. The molecular formula is C27H28N6O2. The monoisotopic (exact) mass is 468 g/mol. The van der Waals surface area contributed by atoms with Crippen LogP contribution in [0.4, 0.5) is 5.82 Å². The van der Waals surface area contributed by atoms with Gasteiger partial charge in [-0.2, -0.15) is 5.10 Å². The van der Waals surface area contributed by atoms with Gasteiger partial charge < -0.3 is 15.0 Å². The van der Waals surface area contributed by atoms with E-state index >= 15 is 0 Å². The molecule has 1 saturated carbocycles. The first kappa shape index (κ1) is 21.7. The van der Waals surface area contributed by atoms with E-state index < -0.39 is 0 Å². The lowest BCUT2D eigenvalue weighted by molar-refractivity contribution is 0.0951. The lowest BCUT2D eigenvalue weighted by atomic mass is 9.96. The van der Waals surface area contributed by atoms with Crippen LogP contribution in [0.25, 0.3) is 33.4 Å². The number of carbonyl (C=O) groups excluding carboxylic acids is 1. The smallest absolute Gasteiger partial charge is 0.251 e. The molecule has 0 bridgehead atoms. The van der Waals surface area contributed by atoms with Crippen molar-refractivity contribution in [1.82, 2.24) is 25.5 Å². The standard InChI is InChI=1S/C27H28N6O2/c1-16-14-28-25(22-9-10-29-32-22)26-24(16)21(13-23(31-26)33-11-12-35-15-17(33)2)18-3-5-19(6-4-18)27(34)30-20-7-8-20/h3-6,9-10,13-14,17,20H,7-8,11-12,15H2,1-2H3,(H,29,32)(H,30,34). The molecule has 1 unspecified atom stereocenters. The number of amides is 1. The fourth-order valence-electron chi connectivity index (χ4n) is 4.71. The Hall–Kier alpha value is -3.78. The number of H-pyrrole nitrogens is 1. The van der Waals surface area contributed by atoms with Crippen molar-refractivity contribution in [2.45, 2.75) is 38.8 Å². The minimum Gasteiger partial charge on any atom is -0.377 e.